The largest absolute Gasteiger partial charge is 0.480 e. The Morgan fingerprint density at radius 3 is 3.00 bits per heavy atom. The molecule has 4 heteroatoms. The first kappa shape index (κ1) is 5.62. The van der Waals surface area contributed by atoms with E-state index in [1.165, 1.54) is 11.8 Å². The predicted octanol–water partition coefficient (Wildman–Crippen LogP) is 0.215. The van der Waals surface area contributed by atoms with Gasteiger partial charge in [0, 0.05) is 5.75 Å². The molecule has 1 N–H and O–H groups in total. The van der Waals surface area contributed by atoms with E-state index in [1.54, 1.807) is 5.55 Å². The fourth-order valence-corrected chi connectivity index (χ4v) is 1.16. The number of rotatable bonds is 1. The molecular weight excluding hydrogens is 126 g/mol. The van der Waals surface area contributed by atoms with Crippen molar-refractivity contribution in [1.29, 1.82) is 0 Å². The minimum atomic E-state index is -0.828. The fraction of sp³-hybridized carbons (Fsp3) is 0.500. The number of carboxylic acid groups (broad SMARTS) is 1. The Bertz CT molecular complexity index is 134. The van der Waals surface area contributed by atoms with E-state index in [2.05, 4.69) is 4.99 Å². The summed E-state index contributed by atoms with van der Waals surface area (Å²) >= 11 is 1.44. The number of carbonyl (C=O) groups is 1. The molecule has 8 heavy (non-hydrogen) atoms. The van der Waals surface area contributed by atoms with Crippen molar-refractivity contribution in [3.05, 3.63) is 0 Å². The summed E-state index contributed by atoms with van der Waals surface area (Å²) in [7, 11) is 0. The summed E-state index contributed by atoms with van der Waals surface area (Å²) in [6.45, 7) is 0. The highest BCUT2D eigenvalue weighted by Gasteiger charge is 2.17. The molecule has 0 aliphatic carbocycles. The SMILES string of the molecule is O=C(O)C1CSC=N1. The van der Waals surface area contributed by atoms with E-state index in [0.29, 0.717) is 5.75 Å². The summed E-state index contributed by atoms with van der Waals surface area (Å²) in [5.41, 5.74) is 1.58. The van der Waals surface area contributed by atoms with E-state index in [1.807, 2.05) is 0 Å². The number of nitrogens with zero attached hydrogens (tertiary/aromatic N) is 1. The van der Waals surface area contributed by atoms with Crippen molar-refractivity contribution < 1.29 is 9.90 Å². The van der Waals surface area contributed by atoms with E-state index >= 15 is 0 Å². The molecule has 0 saturated carbocycles. The highest BCUT2D eigenvalue weighted by atomic mass is 32.2. The first-order valence-corrected chi connectivity index (χ1v) is 3.21. The molecule has 1 aliphatic heterocycles. The molecule has 44 valence electrons. The van der Waals surface area contributed by atoms with Crippen molar-refractivity contribution in [2.75, 3.05) is 5.75 Å². The zero-order chi connectivity index (χ0) is 5.98. The van der Waals surface area contributed by atoms with Gasteiger partial charge in [-0.25, -0.2) is 4.79 Å². The van der Waals surface area contributed by atoms with Gasteiger partial charge in [-0.2, -0.15) is 0 Å². The molecular formula is C4H5NO2S. The van der Waals surface area contributed by atoms with Crippen molar-refractivity contribution in [3.8, 4) is 0 Å². The lowest BCUT2D eigenvalue weighted by Gasteiger charge is -1.93. The first-order valence-electron chi connectivity index (χ1n) is 2.17. The van der Waals surface area contributed by atoms with Crippen LogP contribution in [0.1, 0.15) is 0 Å². The average Bonchev–Trinajstić information content (AvgIpc) is 2.12. The normalized spacial score (nSPS) is 26.2. The van der Waals surface area contributed by atoms with Gasteiger partial charge in [-0.3, -0.25) is 4.99 Å². The Morgan fingerprint density at radius 1 is 2.00 bits per heavy atom. The number of carboxylic acids is 1. The zero-order valence-corrected chi connectivity index (χ0v) is 4.89. The second kappa shape index (κ2) is 2.17. The summed E-state index contributed by atoms with van der Waals surface area (Å²) in [6.07, 6.45) is 0. The van der Waals surface area contributed by atoms with Crippen molar-refractivity contribution in [2.45, 2.75) is 6.04 Å². The van der Waals surface area contributed by atoms with Crippen molar-refractivity contribution in [3.63, 3.8) is 0 Å². The predicted molar refractivity (Wildman–Crippen MR) is 32.4 cm³/mol. The van der Waals surface area contributed by atoms with Gasteiger partial charge in [-0.05, 0) is 0 Å². The third-order valence-corrected chi connectivity index (χ3v) is 1.63. The summed E-state index contributed by atoms with van der Waals surface area (Å²) in [5.74, 6) is -0.235. The summed E-state index contributed by atoms with van der Waals surface area (Å²) in [5, 5.41) is 8.29. The average molecular weight is 131 g/mol. The van der Waals surface area contributed by atoms with Crippen LogP contribution in [0.4, 0.5) is 0 Å². The summed E-state index contributed by atoms with van der Waals surface area (Å²) in [6, 6.07) is -0.486. The van der Waals surface area contributed by atoms with Crippen molar-refractivity contribution in [2.24, 2.45) is 4.99 Å². The Morgan fingerprint density at radius 2 is 2.75 bits per heavy atom. The van der Waals surface area contributed by atoms with Gasteiger partial charge in [0.05, 0.1) is 5.55 Å². The van der Waals surface area contributed by atoms with Gasteiger partial charge in [-0.1, -0.05) is 0 Å². The second-order valence-electron chi connectivity index (χ2n) is 1.44. The highest BCUT2D eigenvalue weighted by Crippen LogP contribution is 2.10. The maximum atomic E-state index is 10.1. The number of aliphatic carboxylic acids is 1. The molecule has 1 heterocycles. The van der Waals surface area contributed by atoms with Gasteiger partial charge in [0.1, 0.15) is 0 Å². The molecule has 0 saturated heterocycles. The molecule has 1 unspecified atom stereocenters. The molecule has 1 rings (SSSR count). The lowest BCUT2D eigenvalue weighted by Crippen LogP contribution is -2.16. The van der Waals surface area contributed by atoms with Crippen LogP contribution in [-0.4, -0.2) is 28.4 Å². The molecule has 0 aromatic rings. The van der Waals surface area contributed by atoms with Crippen LogP contribution < -0.4 is 0 Å². The third kappa shape index (κ3) is 1.01. The Hall–Kier alpha value is -0.510. The molecule has 0 aromatic carbocycles. The van der Waals surface area contributed by atoms with Crippen LogP contribution in [0, 0.1) is 0 Å². The second-order valence-corrected chi connectivity index (χ2v) is 2.32. The van der Waals surface area contributed by atoms with E-state index in [9.17, 15) is 4.79 Å². The molecule has 0 amide bonds. The summed E-state index contributed by atoms with van der Waals surface area (Å²) < 4.78 is 0. The number of hydrogen-bond donors (Lipinski definition) is 1. The van der Waals surface area contributed by atoms with Gasteiger partial charge < -0.3 is 5.11 Å². The van der Waals surface area contributed by atoms with Crippen molar-refractivity contribution >= 4 is 23.3 Å². The standard InChI is InChI=1S/C4H5NO2S/c6-4(7)3-1-8-2-5-3/h2-3H,1H2,(H,6,7). The number of aliphatic imine (C=N–C) groups is 1. The fourth-order valence-electron chi connectivity index (χ4n) is 0.429. The van der Waals surface area contributed by atoms with Gasteiger partial charge in [0.15, 0.2) is 6.04 Å². The van der Waals surface area contributed by atoms with E-state index < -0.39 is 12.0 Å². The Labute approximate surface area is 50.8 Å². The molecule has 0 fully saturated rings. The van der Waals surface area contributed by atoms with E-state index in [-0.39, 0.29) is 0 Å². The van der Waals surface area contributed by atoms with Gasteiger partial charge in [0.2, 0.25) is 0 Å². The molecule has 3 nitrogen and oxygen atoms in total. The quantitative estimate of drug-likeness (QED) is 0.553. The monoisotopic (exact) mass is 131 g/mol. The van der Waals surface area contributed by atoms with Crippen LogP contribution in [-0.2, 0) is 4.79 Å². The third-order valence-electron chi connectivity index (χ3n) is 0.854. The number of hydrogen-bond acceptors (Lipinski definition) is 3. The Kier molecular flexibility index (Phi) is 1.53. The minimum Gasteiger partial charge on any atom is -0.480 e. The molecule has 0 radical (unpaired) electrons. The molecule has 1 atom stereocenters. The Balaban J connectivity index is 2.48. The maximum Gasteiger partial charge on any atom is 0.329 e. The van der Waals surface area contributed by atoms with Crippen LogP contribution in [0.5, 0.6) is 0 Å². The molecule has 0 aromatic heterocycles. The topological polar surface area (TPSA) is 49.7 Å². The lowest BCUT2D eigenvalue weighted by molar-refractivity contribution is -0.137. The van der Waals surface area contributed by atoms with Gasteiger partial charge >= 0.3 is 5.97 Å². The smallest absolute Gasteiger partial charge is 0.329 e. The molecule has 0 bridgehead atoms. The summed E-state index contributed by atoms with van der Waals surface area (Å²) in [4.78, 5) is 13.7. The van der Waals surface area contributed by atoms with Crippen LogP contribution in [0.25, 0.3) is 0 Å². The van der Waals surface area contributed by atoms with Gasteiger partial charge in [0.25, 0.3) is 0 Å². The molecule has 0 spiro atoms. The van der Waals surface area contributed by atoms with Crippen molar-refractivity contribution in [1.82, 2.24) is 0 Å². The highest BCUT2D eigenvalue weighted by molar-refractivity contribution is 8.12. The van der Waals surface area contributed by atoms with Crippen LogP contribution >= 0.6 is 11.8 Å². The minimum absolute atomic E-state index is 0.486. The van der Waals surface area contributed by atoms with Gasteiger partial charge in [-0.15, -0.1) is 11.8 Å². The number of thioether (sulfide) groups is 1. The van der Waals surface area contributed by atoms with E-state index in [4.69, 9.17) is 5.11 Å². The van der Waals surface area contributed by atoms with Crippen LogP contribution in [0.2, 0.25) is 0 Å². The van der Waals surface area contributed by atoms with E-state index in [0.717, 1.165) is 0 Å². The maximum absolute atomic E-state index is 10.1. The zero-order valence-electron chi connectivity index (χ0n) is 4.07. The van der Waals surface area contributed by atoms with Crippen LogP contribution in [0.15, 0.2) is 4.99 Å². The lowest BCUT2D eigenvalue weighted by atomic mass is 10.4. The first-order chi connectivity index (χ1) is 3.80. The van der Waals surface area contributed by atoms with Crippen LogP contribution in [0.3, 0.4) is 0 Å². The molecule has 1 aliphatic rings.